The molecule has 0 atom stereocenters. The number of anilines is 1. The Balaban J connectivity index is 1.22. The molecule has 0 saturated carbocycles. The fourth-order valence-electron chi connectivity index (χ4n) is 3.38. The number of aromatic nitrogens is 1. The van der Waals surface area contributed by atoms with Crippen LogP contribution in [0.4, 0.5) is 10.5 Å². The van der Waals surface area contributed by atoms with Crippen LogP contribution in [0.25, 0.3) is 0 Å². The molecule has 1 amide bonds. The molecule has 7 heteroatoms. The SMILES string of the molecule is Cc1noc(C)c1OC(=O)Nc1ccc(Oc2ccc(CCNCc3ccccc3)cc2)cc1. The highest BCUT2D eigenvalue weighted by molar-refractivity contribution is 5.86. The molecule has 2 N–H and O–H groups in total. The minimum atomic E-state index is -0.614. The first-order valence-electron chi connectivity index (χ1n) is 11.1. The van der Waals surface area contributed by atoms with Crippen LogP contribution < -0.4 is 20.1 Å². The van der Waals surface area contributed by atoms with E-state index in [4.69, 9.17) is 14.0 Å². The molecule has 0 bridgehead atoms. The normalized spacial score (nSPS) is 10.6. The van der Waals surface area contributed by atoms with Crippen molar-refractivity contribution >= 4 is 11.8 Å². The zero-order valence-corrected chi connectivity index (χ0v) is 19.2. The summed E-state index contributed by atoms with van der Waals surface area (Å²) < 4.78 is 16.2. The van der Waals surface area contributed by atoms with E-state index in [0.717, 1.165) is 25.3 Å². The Morgan fingerprint density at radius 1 is 0.882 bits per heavy atom. The summed E-state index contributed by atoms with van der Waals surface area (Å²) >= 11 is 0. The van der Waals surface area contributed by atoms with Gasteiger partial charge >= 0.3 is 6.09 Å². The van der Waals surface area contributed by atoms with Gasteiger partial charge in [0.05, 0.1) is 0 Å². The van der Waals surface area contributed by atoms with E-state index in [2.05, 4.69) is 52.2 Å². The number of benzene rings is 3. The molecule has 4 rings (SSSR count). The van der Waals surface area contributed by atoms with Crippen molar-refractivity contribution in [2.45, 2.75) is 26.8 Å². The molecule has 34 heavy (non-hydrogen) atoms. The van der Waals surface area contributed by atoms with Crippen molar-refractivity contribution in [3.05, 3.63) is 101 Å². The number of rotatable bonds is 9. The van der Waals surface area contributed by atoms with Gasteiger partial charge in [0.1, 0.15) is 17.2 Å². The second-order valence-corrected chi connectivity index (χ2v) is 7.85. The number of amides is 1. The quantitative estimate of drug-likeness (QED) is 0.299. The van der Waals surface area contributed by atoms with Crippen molar-refractivity contribution in [1.82, 2.24) is 10.5 Å². The summed E-state index contributed by atoms with van der Waals surface area (Å²) in [5.74, 6) is 2.19. The standard InChI is InChI=1S/C27H27N3O4/c1-19-26(20(2)34-30-19)33-27(31)29-23-10-14-25(15-11-23)32-24-12-8-21(9-13-24)16-17-28-18-22-6-4-3-5-7-22/h3-15,28H,16-18H2,1-2H3,(H,29,31). The Kier molecular flexibility index (Phi) is 7.57. The van der Waals surface area contributed by atoms with Crippen LogP contribution in [0.2, 0.25) is 0 Å². The molecule has 0 fully saturated rings. The maximum Gasteiger partial charge on any atom is 0.417 e. The highest BCUT2D eigenvalue weighted by Gasteiger charge is 2.15. The van der Waals surface area contributed by atoms with Gasteiger partial charge in [-0.05, 0) is 67.4 Å². The van der Waals surface area contributed by atoms with Crippen molar-refractivity contribution in [3.63, 3.8) is 0 Å². The molecular formula is C27H27N3O4. The van der Waals surface area contributed by atoms with Gasteiger partial charge in [0, 0.05) is 19.2 Å². The van der Waals surface area contributed by atoms with Crippen LogP contribution in [0.1, 0.15) is 22.6 Å². The zero-order chi connectivity index (χ0) is 23.8. The highest BCUT2D eigenvalue weighted by Crippen LogP contribution is 2.25. The molecule has 0 saturated heterocycles. The fourth-order valence-corrected chi connectivity index (χ4v) is 3.38. The Morgan fingerprint density at radius 2 is 1.56 bits per heavy atom. The zero-order valence-electron chi connectivity index (χ0n) is 19.2. The van der Waals surface area contributed by atoms with Gasteiger partial charge in [0.25, 0.3) is 0 Å². The lowest BCUT2D eigenvalue weighted by atomic mass is 10.1. The average molecular weight is 458 g/mol. The molecule has 0 aliphatic carbocycles. The minimum Gasteiger partial charge on any atom is -0.457 e. The third-order valence-electron chi connectivity index (χ3n) is 5.18. The van der Waals surface area contributed by atoms with Crippen LogP contribution >= 0.6 is 0 Å². The summed E-state index contributed by atoms with van der Waals surface area (Å²) in [6.07, 6.45) is 0.328. The van der Waals surface area contributed by atoms with E-state index >= 15 is 0 Å². The first-order valence-corrected chi connectivity index (χ1v) is 11.1. The lowest BCUT2D eigenvalue weighted by molar-refractivity contribution is 0.214. The number of nitrogens with zero attached hydrogens (tertiary/aromatic N) is 1. The second-order valence-electron chi connectivity index (χ2n) is 7.85. The topological polar surface area (TPSA) is 85.6 Å². The Bertz CT molecular complexity index is 1180. The number of hydrogen-bond donors (Lipinski definition) is 2. The predicted molar refractivity (Wildman–Crippen MR) is 130 cm³/mol. The lowest BCUT2D eigenvalue weighted by Gasteiger charge is -2.09. The first-order chi connectivity index (χ1) is 16.6. The van der Waals surface area contributed by atoms with E-state index in [1.54, 1.807) is 38.1 Å². The van der Waals surface area contributed by atoms with Crippen LogP contribution in [-0.2, 0) is 13.0 Å². The lowest BCUT2D eigenvalue weighted by Crippen LogP contribution is -2.17. The molecule has 1 heterocycles. The van der Waals surface area contributed by atoms with Crippen LogP contribution in [0.15, 0.2) is 83.4 Å². The summed E-state index contributed by atoms with van der Waals surface area (Å²) in [4.78, 5) is 12.1. The van der Waals surface area contributed by atoms with Crippen molar-refractivity contribution in [3.8, 4) is 17.2 Å². The molecule has 1 aromatic heterocycles. The first kappa shape index (κ1) is 23.1. The van der Waals surface area contributed by atoms with Crippen molar-refractivity contribution in [2.75, 3.05) is 11.9 Å². The van der Waals surface area contributed by atoms with E-state index in [-0.39, 0.29) is 0 Å². The second kappa shape index (κ2) is 11.2. The van der Waals surface area contributed by atoms with E-state index in [1.807, 2.05) is 18.2 Å². The molecule has 174 valence electrons. The number of aryl methyl sites for hydroxylation is 2. The molecule has 4 aromatic rings. The van der Waals surface area contributed by atoms with E-state index < -0.39 is 6.09 Å². The Labute approximate surface area is 198 Å². The fraction of sp³-hybridized carbons (Fsp3) is 0.185. The molecule has 3 aromatic carbocycles. The molecule has 0 radical (unpaired) electrons. The van der Waals surface area contributed by atoms with Crippen LogP contribution in [0, 0.1) is 13.8 Å². The summed E-state index contributed by atoms with van der Waals surface area (Å²) in [6.45, 7) is 5.16. The highest BCUT2D eigenvalue weighted by atomic mass is 16.6. The number of nitrogens with one attached hydrogen (secondary N) is 2. The smallest absolute Gasteiger partial charge is 0.417 e. The maximum absolute atomic E-state index is 12.1. The molecule has 0 unspecified atom stereocenters. The van der Waals surface area contributed by atoms with E-state index in [0.29, 0.717) is 28.6 Å². The predicted octanol–water partition coefficient (Wildman–Crippen LogP) is 6.03. The van der Waals surface area contributed by atoms with Gasteiger partial charge < -0.3 is 19.3 Å². The van der Waals surface area contributed by atoms with Crippen LogP contribution in [0.3, 0.4) is 0 Å². The third-order valence-corrected chi connectivity index (χ3v) is 5.18. The number of ether oxygens (including phenoxy) is 2. The van der Waals surface area contributed by atoms with Crippen LogP contribution in [0.5, 0.6) is 17.2 Å². The maximum atomic E-state index is 12.1. The Hall–Kier alpha value is -4.10. The number of carbonyl (C=O) groups is 1. The number of carbonyl (C=O) groups excluding carboxylic acids is 1. The van der Waals surface area contributed by atoms with Crippen molar-refractivity contribution in [2.24, 2.45) is 0 Å². The summed E-state index contributed by atoms with van der Waals surface area (Å²) in [7, 11) is 0. The molecule has 0 spiro atoms. The van der Waals surface area contributed by atoms with Gasteiger partial charge in [-0.1, -0.05) is 47.6 Å². The minimum absolute atomic E-state index is 0.327. The van der Waals surface area contributed by atoms with Gasteiger partial charge in [0.2, 0.25) is 0 Å². The summed E-state index contributed by atoms with van der Waals surface area (Å²) in [5, 5.41) is 9.90. The number of hydrogen-bond acceptors (Lipinski definition) is 6. The molecule has 7 nitrogen and oxygen atoms in total. The van der Waals surface area contributed by atoms with E-state index in [9.17, 15) is 4.79 Å². The van der Waals surface area contributed by atoms with Gasteiger partial charge in [-0.15, -0.1) is 0 Å². The van der Waals surface area contributed by atoms with Crippen molar-refractivity contribution < 1.29 is 18.8 Å². The average Bonchev–Trinajstić information content (AvgIpc) is 3.17. The van der Waals surface area contributed by atoms with Gasteiger partial charge in [-0.2, -0.15) is 0 Å². The summed E-state index contributed by atoms with van der Waals surface area (Å²) in [6, 6.07) is 25.5. The Morgan fingerprint density at radius 3 is 2.21 bits per heavy atom. The summed E-state index contributed by atoms with van der Waals surface area (Å²) in [5.41, 5.74) is 3.63. The third kappa shape index (κ3) is 6.46. The largest absolute Gasteiger partial charge is 0.457 e. The van der Waals surface area contributed by atoms with E-state index in [1.165, 1.54) is 11.1 Å². The van der Waals surface area contributed by atoms with Gasteiger partial charge in [-0.3, -0.25) is 5.32 Å². The monoisotopic (exact) mass is 457 g/mol. The molecular weight excluding hydrogens is 430 g/mol. The van der Waals surface area contributed by atoms with Gasteiger partial charge in [-0.25, -0.2) is 4.79 Å². The molecule has 0 aliphatic heterocycles. The molecule has 0 aliphatic rings. The van der Waals surface area contributed by atoms with Gasteiger partial charge in [0.15, 0.2) is 11.5 Å². The van der Waals surface area contributed by atoms with Crippen LogP contribution in [-0.4, -0.2) is 17.8 Å². The van der Waals surface area contributed by atoms with Crippen molar-refractivity contribution in [1.29, 1.82) is 0 Å².